The van der Waals surface area contributed by atoms with Crippen molar-refractivity contribution in [3.05, 3.63) is 36.5 Å². The van der Waals surface area contributed by atoms with Gasteiger partial charge in [-0.15, -0.1) is 5.10 Å². The van der Waals surface area contributed by atoms with Crippen LogP contribution in [0.4, 0.5) is 20.8 Å². The second-order valence-electron chi connectivity index (χ2n) is 8.44. The quantitative estimate of drug-likeness (QED) is 0.660. The van der Waals surface area contributed by atoms with Crippen molar-refractivity contribution in [2.45, 2.75) is 38.6 Å². The smallest absolute Gasteiger partial charge is 0.410 e. The molecule has 4 heterocycles. The highest BCUT2D eigenvalue weighted by molar-refractivity contribution is 5.69. The molecule has 10 heteroatoms. The summed E-state index contributed by atoms with van der Waals surface area (Å²) in [5, 5.41) is 10.6. The number of aromatic nitrogens is 4. The van der Waals surface area contributed by atoms with Gasteiger partial charge in [-0.05, 0) is 45.0 Å². The van der Waals surface area contributed by atoms with Crippen LogP contribution in [0.2, 0.25) is 0 Å². The summed E-state index contributed by atoms with van der Waals surface area (Å²) in [6, 6.07) is 8.57. The summed E-state index contributed by atoms with van der Waals surface area (Å²) < 4.78 is 21.7. The maximum atomic E-state index is 14.6. The van der Waals surface area contributed by atoms with Crippen LogP contribution >= 0.6 is 0 Å². The third-order valence-corrected chi connectivity index (χ3v) is 4.86. The van der Waals surface area contributed by atoms with Crippen LogP contribution in [-0.2, 0) is 4.74 Å². The number of rotatable bonds is 4. The molecule has 0 saturated carbocycles. The number of nitrogens with one attached hydrogen (secondary N) is 2. The predicted octanol–water partition coefficient (Wildman–Crippen LogP) is 3.20. The zero-order chi connectivity index (χ0) is 22.2. The first-order valence-electron chi connectivity index (χ1n) is 10.1. The van der Waals surface area contributed by atoms with Crippen molar-refractivity contribution < 1.29 is 13.9 Å². The molecule has 0 radical (unpaired) electrons. The number of fused-ring (bicyclic) bond motifs is 1. The van der Waals surface area contributed by atoms with Crippen molar-refractivity contribution in [3.8, 4) is 11.4 Å². The first kappa shape index (κ1) is 20.8. The molecular weight excluding hydrogens is 401 g/mol. The molecule has 2 atom stereocenters. The number of anilines is 2. The molecule has 2 N–H and O–H groups in total. The molecule has 0 aliphatic carbocycles. The van der Waals surface area contributed by atoms with E-state index in [1.165, 1.54) is 4.90 Å². The topological polar surface area (TPSA) is 96.7 Å². The Morgan fingerprint density at radius 1 is 1.19 bits per heavy atom. The number of amides is 1. The van der Waals surface area contributed by atoms with Gasteiger partial charge in [0.05, 0.1) is 24.5 Å². The van der Waals surface area contributed by atoms with E-state index in [1.807, 2.05) is 24.3 Å². The Kier molecular flexibility index (Phi) is 5.38. The zero-order valence-corrected chi connectivity index (χ0v) is 18.0. The third-order valence-electron chi connectivity index (χ3n) is 4.86. The second-order valence-corrected chi connectivity index (χ2v) is 8.44. The van der Waals surface area contributed by atoms with Crippen LogP contribution < -0.4 is 10.6 Å². The molecule has 31 heavy (non-hydrogen) atoms. The molecule has 1 amide bonds. The van der Waals surface area contributed by atoms with Gasteiger partial charge in [0.2, 0.25) is 0 Å². The summed E-state index contributed by atoms with van der Waals surface area (Å²) in [4.78, 5) is 22.6. The number of halogens is 1. The number of hydrogen-bond acceptors (Lipinski definition) is 7. The van der Waals surface area contributed by atoms with E-state index in [0.29, 0.717) is 28.7 Å². The van der Waals surface area contributed by atoms with Crippen molar-refractivity contribution in [3.63, 3.8) is 0 Å². The van der Waals surface area contributed by atoms with Crippen molar-refractivity contribution in [2.24, 2.45) is 0 Å². The minimum absolute atomic E-state index is 0.0176. The van der Waals surface area contributed by atoms with E-state index in [1.54, 1.807) is 44.6 Å². The van der Waals surface area contributed by atoms with Gasteiger partial charge >= 0.3 is 6.09 Å². The van der Waals surface area contributed by atoms with Crippen molar-refractivity contribution in [1.82, 2.24) is 24.5 Å². The molecule has 1 saturated heterocycles. The van der Waals surface area contributed by atoms with Crippen LogP contribution in [0.5, 0.6) is 0 Å². The fourth-order valence-corrected chi connectivity index (χ4v) is 3.40. The molecule has 3 aromatic rings. The number of pyridine rings is 1. The van der Waals surface area contributed by atoms with Gasteiger partial charge in [-0.1, -0.05) is 6.07 Å². The summed E-state index contributed by atoms with van der Waals surface area (Å²) in [6.07, 6.45) is -0.0435. The van der Waals surface area contributed by atoms with E-state index in [4.69, 9.17) is 4.74 Å². The van der Waals surface area contributed by atoms with Crippen LogP contribution in [0, 0.1) is 0 Å². The van der Waals surface area contributed by atoms with Gasteiger partial charge in [-0.25, -0.2) is 23.7 Å². The number of hydrogen-bond donors (Lipinski definition) is 2. The highest BCUT2D eigenvalue weighted by Crippen LogP contribution is 2.23. The summed E-state index contributed by atoms with van der Waals surface area (Å²) >= 11 is 0. The predicted molar refractivity (Wildman–Crippen MR) is 116 cm³/mol. The summed E-state index contributed by atoms with van der Waals surface area (Å²) in [5.74, 6) is 1.21. The van der Waals surface area contributed by atoms with Crippen molar-refractivity contribution >= 4 is 23.4 Å². The van der Waals surface area contributed by atoms with Gasteiger partial charge < -0.3 is 20.3 Å². The Hall–Kier alpha value is -3.43. The maximum Gasteiger partial charge on any atom is 0.410 e. The van der Waals surface area contributed by atoms with E-state index in [2.05, 4.69) is 25.7 Å². The molecule has 0 bridgehead atoms. The Labute approximate surface area is 179 Å². The number of carbonyl (C=O) groups is 1. The molecule has 164 valence electrons. The summed E-state index contributed by atoms with van der Waals surface area (Å²) in [7, 11) is 1.79. The van der Waals surface area contributed by atoms with Gasteiger partial charge in [0.15, 0.2) is 5.65 Å². The molecule has 1 aliphatic heterocycles. The lowest BCUT2D eigenvalue weighted by molar-refractivity contribution is 0.0283. The number of ether oxygens (including phenoxy) is 1. The molecule has 0 unspecified atom stereocenters. The number of likely N-dealkylation sites (tertiary alicyclic amines) is 1. The van der Waals surface area contributed by atoms with Gasteiger partial charge in [0, 0.05) is 13.6 Å². The first-order chi connectivity index (χ1) is 14.7. The average Bonchev–Trinajstić information content (AvgIpc) is 3.30. The normalized spacial score (nSPS) is 18.9. The van der Waals surface area contributed by atoms with Crippen LogP contribution in [0.1, 0.15) is 20.8 Å². The molecular formula is C21H26FN7O2. The molecule has 1 fully saturated rings. The average molecular weight is 427 g/mol. The minimum atomic E-state index is -1.23. The van der Waals surface area contributed by atoms with Crippen molar-refractivity contribution in [1.29, 1.82) is 0 Å². The lowest BCUT2D eigenvalue weighted by Crippen LogP contribution is -2.36. The molecule has 1 aliphatic rings. The molecule has 4 rings (SSSR count). The monoisotopic (exact) mass is 427 g/mol. The number of carbonyl (C=O) groups excluding carboxylic acids is 1. The summed E-state index contributed by atoms with van der Waals surface area (Å²) in [5.41, 5.74) is 1.44. The lowest BCUT2D eigenvalue weighted by atomic mass is 10.2. The standard InChI is InChI=1S/C21H26FN7O2/c1-21(2,3)31-20(30)28-11-13(22)15(12-28)26-18-7-5-6-14(25-18)16-10-24-19-9-8-17(23-4)27-29(16)19/h5-10,13,15H,11-12H2,1-4H3,(H,23,27)(H,25,26)/t13-,15-/m0/s1. The minimum Gasteiger partial charge on any atom is -0.444 e. The van der Waals surface area contributed by atoms with Crippen LogP contribution in [0.15, 0.2) is 36.5 Å². The Balaban J connectivity index is 1.51. The van der Waals surface area contributed by atoms with Crippen LogP contribution in [0.3, 0.4) is 0 Å². The lowest BCUT2D eigenvalue weighted by Gasteiger charge is -2.24. The largest absolute Gasteiger partial charge is 0.444 e. The highest BCUT2D eigenvalue weighted by Gasteiger charge is 2.37. The Bertz CT molecular complexity index is 1090. The van der Waals surface area contributed by atoms with Gasteiger partial charge in [0.25, 0.3) is 0 Å². The van der Waals surface area contributed by atoms with Gasteiger partial charge in [0.1, 0.15) is 29.1 Å². The molecule has 3 aromatic heterocycles. The third kappa shape index (κ3) is 4.52. The van der Waals surface area contributed by atoms with E-state index in [9.17, 15) is 9.18 Å². The summed E-state index contributed by atoms with van der Waals surface area (Å²) in [6.45, 7) is 5.54. The van der Waals surface area contributed by atoms with E-state index in [-0.39, 0.29) is 13.1 Å². The fourth-order valence-electron chi connectivity index (χ4n) is 3.40. The van der Waals surface area contributed by atoms with Gasteiger partial charge in [-0.3, -0.25) is 0 Å². The molecule has 0 spiro atoms. The van der Waals surface area contributed by atoms with E-state index < -0.39 is 23.9 Å². The SMILES string of the molecule is CNc1ccc2ncc(-c3cccc(N[C@H]4CN(C(=O)OC(C)(C)C)C[C@@H]4F)n3)n2n1. The maximum absolute atomic E-state index is 14.6. The number of nitrogens with zero attached hydrogens (tertiary/aromatic N) is 5. The Morgan fingerprint density at radius 2 is 2.00 bits per heavy atom. The van der Waals surface area contributed by atoms with E-state index >= 15 is 0 Å². The fraction of sp³-hybridized carbons (Fsp3) is 0.429. The molecule has 9 nitrogen and oxygen atoms in total. The van der Waals surface area contributed by atoms with Crippen molar-refractivity contribution in [2.75, 3.05) is 30.8 Å². The first-order valence-corrected chi connectivity index (χ1v) is 10.1. The zero-order valence-electron chi connectivity index (χ0n) is 18.0. The van der Waals surface area contributed by atoms with Gasteiger partial charge in [-0.2, -0.15) is 0 Å². The Morgan fingerprint density at radius 3 is 2.74 bits per heavy atom. The van der Waals surface area contributed by atoms with E-state index in [0.717, 1.165) is 0 Å². The van der Waals surface area contributed by atoms with Crippen LogP contribution in [-0.4, -0.2) is 68.5 Å². The highest BCUT2D eigenvalue weighted by atomic mass is 19.1. The van der Waals surface area contributed by atoms with Crippen LogP contribution in [0.25, 0.3) is 17.0 Å². The number of alkyl halides is 1. The molecule has 0 aromatic carbocycles. The number of imidazole rings is 1. The second kappa shape index (κ2) is 8.01.